The van der Waals surface area contributed by atoms with Gasteiger partial charge in [0.25, 0.3) is 0 Å². The van der Waals surface area contributed by atoms with Crippen LogP contribution in [-0.4, -0.2) is 14.5 Å². The Morgan fingerprint density at radius 1 is 1.09 bits per heavy atom. The topological polar surface area (TPSA) is 30.7 Å². The molecule has 3 aromatic rings. The van der Waals surface area contributed by atoms with E-state index in [1.165, 1.54) is 6.07 Å². The molecule has 0 fully saturated rings. The number of pyridine rings is 1. The third kappa shape index (κ3) is 2.56. The monoisotopic (exact) mass is 305 g/mol. The van der Waals surface area contributed by atoms with Crippen molar-refractivity contribution >= 4 is 11.0 Å². The van der Waals surface area contributed by atoms with Gasteiger partial charge in [0.05, 0.1) is 16.6 Å². The molecule has 22 heavy (non-hydrogen) atoms. The van der Waals surface area contributed by atoms with Crippen LogP contribution in [0.3, 0.4) is 0 Å². The first-order valence-corrected chi connectivity index (χ1v) is 6.98. The van der Waals surface area contributed by atoms with Crippen LogP contribution in [0.1, 0.15) is 18.9 Å². The van der Waals surface area contributed by atoms with Crippen molar-refractivity contribution in [1.29, 1.82) is 0 Å². The van der Waals surface area contributed by atoms with E-state index in [4.69, 9.17) is 0 Å². The van der Waals surface area contributed by atoms with Crippen molar-refractivity contribution in [2.24, 2.45) is 0 Å². The zero-order valence-electron chi connectivity index (χ0n) is 11.9. The highest BCUT2D eigenvalue weighted by molar-refractivity contribution is 5.81. The molecule has 2 aromatic heterocycles. The van der Waals surface area contributed by atoms with Crippen LogP contribution >= 0.6 is 0 Å². The van der Waals surface area contributed by atoms with Gasteiger partial charge >= 0.3 is 6.18 Å². The summed E-state index contributed by atoms with van der Waals surface area (Å²) >= 11 is 0. The van der Waals surface area contributed by atoms with Crippen LogP contribution in [0.2, 0.25) is 0 Å². The van der Waals surface area contributed by atoms with Crippen molar-refractivity contribution in [1.82, 2.24) is 14.5 Å². The largest absolute Gasteiger partial charge is 0.416 e. The number of fused-ring (bicyclic) bond motifs is 1. The highest BCUT2D eigenvalue weighted by Crippen LogP contribution is 2.33. The van der Waals surface area contributed by atoms with Crippen molar-refractivity contribution in [3.8, 4) is 11.4 Å². The van der Waals surface area contributed by atoms with Gasteiger partial charge in [-0.05, 0) is 36.8 Å². The Labute approximate surface area is 125 Å². The summed E-state index contributed by atoms with van der Waals surface area (Å²) in [5.74, 6) is 0.665. The number of nitrogens with zero attached hydrogens (tertiary/aromatic N) is 3. The first-order valence-electron chi connectivity index (χ1n) is 6.98. The van der Waals surface area contributed by atoms with Gasteiger partial charge in [-0.1, -0.05) is 6.92 Å². The van der Waals surface area contributed by atoms with Crippen molar-refractivity contribution in [2.75, 3.05) is 0 Å². The first kappa shape index (κ1) is 14.6. The van der Waals surface area contributed by atoms with Crippen molar-refractivity contribution in [3.63, 3.8) is 0 Å². The molecule has 3 rings (SSSR count). The molecule has 0 atom stereocenters. The summed E-state index contributed by atoms with van der Waals surface area (Å²) in [5.41, 5.74) is 1.23. The molecule has 0 unspecified atom stereocenters. The highest BCUT2D eigenvalue weighted by atomic mass is 19.4. The van der Waals surface area contributed by atoms with E-state index in [1.54, 1.807) is 24.5 Å². The number of hydrogen-bond donors (Lipinski definition) is 0. The number of alkyl halides is 3. The van der Waals surface area contributed by atoms with Gasteiger partial charge < -0.3 is 4.57 Å². The lowest BCUT2D eigenvalue weighted by Crippen LogP contribution is -2.04. The van der Waals surface area contributed by atoms with Gasteiger partial charge in [-0.15, -0.1) is 0 Å². The molecule has 0 radical (unpaired) electrons. The van der Waals surface area contributed by atoms with Gasteiger partial charge in [0.15, 0.2) is 0 Å². The normalized spacial score (nSPS) is 12.0. The fraction of sp³-hybridized carbons (Fsp3) is 0.250. The summed E-state index contributed by atoms with van der Waals surface area (Å²) in [6.07, 6.45) is -0.206. The molecule has 6 heteroatoms. The molecular weight excluding hydrogens is 291 g/mol. The highest BCUT2D eigenvalue weighted by Gasteiger charge is 2.31. The van der Waals surface area contributed by atoms with Gasteiger partial charge in [-0.2, -0.15) is 13.2 Å². The van der Waals surface area contributed by atoms with Gasteiger partial charge in [0, 0.05) is 24.5 Å². The number of aromatic nitrogens is 3. The Bertz CT molecular complexity index is 791. The van der Waals surface area contributed by atoms with Crippen LogP contribution in [0.15, 0.2) is 42.7 Å². The average Bonchev–Trinajstić information content (AvgIpc) is 2.86. The van der Waals surface area contributed by atoms with Gasteiger partial charge in [-0.25, -0.2) is 4.98 Å². The molecule has 114 valence electrons. The fourth-order valence-electron chi connectivity index (χ4n) is 2.48. The van der Waals surface area contributed by atoms with Gasteiger partial charge in [0.1, 0.15) is 5.82 Å². The number of rotatable bonds is 3. The molecule has 2 heterocycles. The van der Waals surface area contributed by atoms with Crippen molar-refractivity contribution in [2.45, 2.75) is 26.1 Å². The Morgan fingerprint density at radius 2 is 1.82 bits per heavy atom. The molecule has 0 spiro atoms. The second-order valence-electron chi connectivity index (χ2n) is 5.02. The van der Waals surface area contributed by atoms with Crippen molar-refractivity contribution < 1.29 is 13.2 Å². The number of benzene rings is 1. The molecule has 0 aliphatic heterocycles. The molecule has 1 aromatic carbocycles. The van der Waals surface area contributed by atoms with Crippen LogP contribution in [-0.2, 0) is 12.7 Å². The quantitative estimate of drug-likeness (QED) is 0.712. The van der Waals surface area contributed by atoms with Gasteiger partial charge in [-0.3, -0.25) is 4.98 Å². The van der Waals surface area contributed by atoms with Crippen LogP contribution in [0.25, 0.3) is 22.4 Å². The van der Waals surface area contributed by atoms with E-state index in [0.717, 1.165) is 24.1 Å². The Kier molecular flexibility index (Phi) is 3.60. The predicted molar refractivity (Wildman–Crippen MR) is 78.3 cm³/mol. The zero-order valence-corrected chi connectivity index (χ0v) is 11.9. The Morgan fingerprint density at radius 3 is 2.45 bits per heavy atom. The van der Waals surface area contributed by atoms with Crippen LogP contribution in [0, 0.1) is 0 Å². The number of aryl methyl sites for hydroxylation is 1. The van der Waals surface area contributed by atoms with E-state index in [0.29, 0.717) is 23.4 Å². The predicted octanol–water partition coefficient (Wildman–Crippen LogP) is 4.53. The summed E-state index contributed by atoms with van der Waals surface area (Å²) in [4.78, 5) is 8.37. The van der Waals surface area contributed by atoms with E-state index in [-0.39, 0.29) is 0 Å². The average molecular weight is 305 g/mol. The zero-order chi connectivity index (χ0) is 15.7. The SMILES string of the molecule is CCCn1c(-c2ccncc2)nc2cc(C(F)(F)F)ccc21. The van der Waals surface area contributed by atoms with Crippen molar-refractivity contribution in [3.05, 3.63) is 48.3 Å². The minimum absolute atomic E-state index is 0.357. The lowest BCUT2D eigenvalue weighted by atomic mass is 10.2. The third-order valence-electron chi connectivity index (χ3n) is 3.46. The van der Waals surface area contributed by atoms with Crippen LogP contribution < -0.4 is 0 Å². The molecule has 0 aliphatic rings. The van der Waals surface area contributed by atoms with E-state index in [9.17, 15) is 13.2 Å². The van der Waals surface area contributed by atoms with E-state index in [2.05, 4.69) is 9.97 Å². The summed E-state index contributed by atoms with van der Waals surface area (Å²) in [5, 5.41) is 0. The lowest BCUT2D eigenvalue weighted by Gasteiger charge is -2.08. The summed E-state index contributed by atoms with van der Waals surface area (Å²) in [7, 11) is 0. The maximum atomic E-state index is 12.9. The first-order chi connectivity index (χ1) is 10.5. The number of halogens is 3. The van der Waals surface area contributed by atoms with Gasteiger partial charge in [0.2, 0.25) is 0 Å². The molecule has 3 nitrogen and oxygen atoms in total. The molecule has 0 bridgehead atoms. The minimum atomic E-state index is -4.36. The molecular formula is C16H14F3N3. The summed E-state index contributed by atoms with van der Waals surface area (Å²) < 4.78 is 40.5. The maximum absolute atomic E-state index is 12.9. The van der Waals surface area contributed by atoms with E-state index >= 15 is 0 Å². The molecule has 0 saturated heterocycles. The third-order valence-corrected chi connectivity index (χ3v) is 3.46. The lowest BCUT2D eigenvalue weighted by molar-refractivity contribution is -0.137. The van der Waals surface area contributed by atoms with E-state index < -0.39 is 11.7 Å². The van der Waals surface area contributed by atoms with Crippen LogP contribution in [0.4, 0.5) is 13.2 Å². The van der Waals surface area contributed by atoms with E-state index in [1.807, 2.05) is 11.5 Å². The molecule has 0 saturated carbocycles. The molecule has 0 N–H and O–H groups in total. The molecule has 0 aliphatic carbocycles. The Hall–Kier alpha value is -2.37. The summed E-state index contributed by atoms with van der Waals surface area (Å²) in [6.45, 7) is 2.71. The Balaban J connectivity index is 2.22. The molecule has 0 amide bonds. The number of imidazole rings is 1. The standard InChI is InChI=1S/C16H14F3N3/c1-2-9-22-14-4-3-12(16(17,18)19)10-13(14)21-15(22)11-5-7-20-8-6-11/h3-8,10H,2,9H2,1H3. The minimum Gasteiger partial charge on any atom is -0.324 e. The maximum Gasteiger partial charge on any atom is 0.416 e. The second kappa shape index (κ2) is 5.44. The van der Waals surface area contributed by atoms with Crippen LogP contribution in [0.5, 0.6) is 0 Å². The smallest absolute Gasteiger partial charge is 0.324 e. The second-order valence-corrected chi connectivity index (χ2v) is 5.02. The fourth-order valence-corrected chi connectivity index (χ4v) is 2.48. The summed E-state index contributed by atoms with van der Waals surface area (Å²) in [6, 6.07) is 7.31. The number of hydrogen-bond acceptors (Lipinski definition) is 2.